The summed E-state index contributed by atoms with van der Waals surface area (Å²) in [6, 6.07) is 3.93. The Bertz CT molecular complexity index is 804. The average molecular weight is 352 g/mol. The zero-order valence-corrected chi connectivity index (χ0v) is 16.0. The van der Waals surface area contributed by atoms with Crippen molar-refractivity contribution in [3.05, 3.63) is 53.1 Å². The van der Waals surface area contributed by atoms with Crippen molar-refractivity contribution in [2.24, 2.45) is 5.92 Å². The number of benzene rings is 1. The van der Waals surface area contributed by atoms with E-state index in [1.54, 1.807) is 13.3 Å². The third kappa shape index (κ3) is 3.59. The molecule has 1 heterocycles. The Morgan fingerprint density at radius 2 is 2.08 bits per heavy atom. The van der Waals surface area contributed by atoms with Gasteiger partial charge in [0.2, 0.25) is 0 Å². The first kappa shape index (κ1) is 18.4. The number of methoxy groups -OCH3 is 1. The van der Waals surface area contributed by atoms with Gasteiger partial charge in [0.15, 0.2) is 5.78 Å². The Morgan fingerprint density at radius 3 is 2.77 bits per heavy atom. The topological polar surface area (TPSA) is 44.1 Å². The van der Waals surface area contributed by atoms with Crippen LogP contribution in [0.5, 0.6) is 5.75 Å². The third-order valence-electron chi connectivity index (χ3n) is 5.32. The van der Waals surface area contributed by atoms with E-state index in [-0.39, 0.29) is 11.7 Å². The molecule has 0 amide bonds. The second-order valence-electron chi connectivity index (χ2n) is 6.89. The van der Waals surface area contributed by atoms with Crippen molar-refractivity contribution in [1.82, 2.24) is 9.55 Å². The zero-order chi connectivity index (χ0) is 18.5. The molecule has 0 N–H and O–H groups in total. The number of aromatic nitrogens is 2. The van der Waals surface area contributed by atoms with E-state index < -0.39 is 0 Å². The molecular weight excluding hydrogens is 324 g/mol. The summed E-state index contributed by atoms with van der Waals surface area (Å²) < 4.78 is 7.60. The molecule has 4 nitrogen and oxygen atoms in total. The fourth-order valence-electron chi connectivity index (χ4n) is 3.89. The molecule has 0 saturated heterocycles. The van der Waals surface area contributed by atoms with E-state index in [1.165, 1.54) is 17.5 Å². The van der Waals surface area contributed by atoms with Gasteiger partial charge in [-0.2, -0.15) is 0 Å². The summed E-state index contributed by atoms with van der Waals surface area (Å²) in [5.74, 6) is 2.02. The maximum atomic E-state index is 13.4. The second-order valence-corrected chi connectivity index (χ2v) is 6.89. The molecule has 1 atom stereocenters. The number of rotatable bonds is 7. The van der Waals surface area contributed by atoms with Gasteiger partial charge in [-0.15, -0.1) is 0 Å². The monoisotopic (exact) mass is 352 g/mol. The number of hydrogen-bond donors (Lipinski definition) is 0. The van der Waals surface area contributed by atoms with Crippen LogP contribution in [0.15, 0.2) is 30.6 Å². The minimum atomic E-state index is -0.0485. The Hall–Kier alpha value is -2.36. The second kappa shape index (κ2) is 8.35. The average Bonchev–Trinajstić information content (AvgIpc) is 3.11. The molecule has 0 fully saturated rings. The molecule has 2 aromatic rings. The van der Waals surface area contributed by atoms with Crippen LogP contribution in [0.1, 0.15) is 60.4 Å². The minimum absolute atomic E-state index is 0.0485. The van der Waals surface area contributed by atoms with Gasteiger partial charge in [0.25, 0.3) is 0 Å². The predicted molar refractivity (Wildman–Crippen MR) is 105 cm³/mol. The lowest BCUT2D eigenvalue weighted by molar-refractivity contribution is 0.0902. The number of fused-ring (bicyclic) bond motifs is 1. The molecule has 1 aromatic heterocycles. The largest absolute Gasteiger partial charge is 0.496 e. The number of Topliss-reactive ketones (excluding diaryl/α,β-unsaturated/α-hetero) is 1. The van der Waals surface area contributed by atoms with Crippen LogP contribution in [0.4, 0.5) is 0 Å². The number of ether oxygens (including phenoxy) is 1. The number of allylic oxidation sites excluding steroid dienone is 1. The Kier molecular flexibility index (Phi) is 5.92. The SMILES string of the molecule is CC=Cc1nccn1CC(CC)C(=O)c1ccc(OC)c2c1CCCC2. The highest BCUT2D eigenvalue weighted by molar-refractivity contribution is 5.99. The summed E-state index contributed by atoms with van der Waals surface area (Å²) in [5, 5.41) is 0. The Morgan fingerprint density at radius 1 is 1.31 bits per heavy atom. The molecule has 3 rings (SSSR count). The number of carbonyl (C=O) groups excluding carboxylic acids is 1. The molecule has 1 aromatic carbocycles. The number of ketones is 1. The van der Waals surface area contributed by atoms with E-state index in [1.807, 2.05) is 37.4 Å². The van der Waals surface area contributed by atoms with Gasteiger partial charge in [-0.05, 0) is 68.4 Å². The van der Waals surface area contributed by atoms with Crippen molar-refractivity contribution in [2.45, 2.75) is 52.5 Å². The van der Waals surface area contributed by atoms with Crippen LogP contribution in [0.3, 0.4) is 0 Å². The summed E-state index contributed by atoms with van der Waals surface area (Å²) in [4.78, 5) is 17.7. The molecule has 1 unspecified atom stereocenters. The van der Waals surface area contributed by atoms with E-state index in [4.69, 9.17) is 4.74 Å². The Labute approximate surface area is 155 Å². The minimum Gasteiger partial charge on any atom is -0.496 e. The van der Waals surface area contributed by atoms with Crippen molar-refractivity contribution >= 4 is 11.9 Å². The van der Waals surface area contributed by atoms with Crippen LogP contribution in [-0.2, 0) is 19.4 Å². The fourth-order valence-corrected chi connectivity index (χ4v) is 3.89. The maximum absolute atomic E-state index is 13.4. The van der Waals surface area contributed by atoms with E-state index in [0.29, 0.717) is 6.54 Å². The van der Waals surface area contributed by atoms with Crippen LogP contribution in [0.25, 0.3) is 6.08 Å². The van der Waals surface area contributed by atoms with Gasteiger partial charge in [-0.3, -0.25) is 4.79 Å². The molecule has 138 valence electrons. The molecule has 0 radical (unpaired) electrons. The predicted octanol–water partition coefficient (Wildman–Crippen LogP) is 4.71. The van der Waals surface area contributed by atoms with E-state index in [0.717, 1.165) is 42.8 Å². The first-order valence-corrected chi connectivity index (χ1v) is 9.56. The molecule has 0 spiro atoms. The van der Waals surface area contributed by atoms with Gasteiger partial charge in [0.1, 0.15) is 11.6 Å². The first-order valence-electron chi connectivity index (χ1n) is 9.56. The molecule has 0 saturated carbocycles. The van der Waals surface area contributed by atoms with E-state index in [9.17, 15) is 4.79 Å². The quantitative estimate of drug-likeness (QED) is 0.678. The molecule has 1 aliphatic rings. The highest BCUT2D eigenvalue weighted by atomic mass is 16.5. The number of carbonyl (C=O) groups is 1. The number of hydrogen-bond acceptors (Lipinski definition) is 3. The van der Waals surface area contributed by atoms with Crippen LogP contribution < -0.4 is 4.74 Å². The van der Waals surface area contributed by atoms with Crippen molar-refractivity contribution in [2.75, 3.05) is 7.11 Å². The van der Waals surface area contributed by atoms with Gasteiger partial charge in [0, 0.05) is 30.4 Å². The lowest BCUT2D eigenvalue weighted by atomic mass is 9.83. The van der Waals surface area contributed by atoms with Crippen LogP contribution in [0, 0.1) is 5.92 Å². The third-order valence-corrected chi connectivity index (χ3v) is 5.32. The lowest BCUT2D eigenvalue weighted by Crippen LogP contribution is -2.23. The van der Waals surface area contributed by atoms with E-state index in [2.05, 4.69) is 16.5 Å². The van der Waals surface area contributed by atoms with Gasteiger partial charge < -0.3 is 9.30 Å². The van der Waals surface area contributed by atoms with Gasteiger partial charge in [-0.25, -0.2) is 4.98 Å². The smallest absolute Gasteiger partial charge is 0.168 e. The van der Waals surface area contributed by atoms with Crippen LogP contribution in [-0.4, -0.2) is 22.4 Å². The molecule has 1 aliphatic carbocycles. The van der Waals surface area contributed by atoms with Crippen molar-refractivity contribution in [3.8, 4) is 5.75 Å². The first-order chi connectivity index (χ1) is 12.7. The lowest BCUT2D eigenvalue weighted by Gasteiger charge is -2.23. The van der Waals surface area contributed by atoms with Crippen molar-refractivity contribution < 1.29 is 9.53 Å². The summed E-state index contributed by atoms with van der Waals surface area (Å²) in [6.07, 6.45) is 12.8. The molecule has 26 heavy (non-hydrogen) atoms. The number of nitrogens with zero attached hydrogens (tertiary/aromatic N) is 2. The summed E-state index contributed by atoms with van der Waals surface area (Å²) in [5.41, 5.74) is 3.33. The van der Waals surface area contributed by atoms with Crippen molar-refractivity contribution in [3.63, 3.8) is 0 Å². The maximum Gasteiger partial charge on any atom is 0.168 e. The van der Waals surface area contributed by atoms with Gasteiger partial charge >= 0.3 is 0 Å². The van der Waals surface area contributed by atoms with Crippen LogP contribution in [0.2, 0.25) is 0 Å². The normalized spacial score (nSPS) is 15.0. The van der Waals surface area contributed by atoms with Gasteiger partial charge in [-0.1, -0.05) is 13.0 Å². The standard InChI is InChI=1S/C22H28N2O2/c1-4-8-21-23-13-14-24(21)15-16(5-2)22(25)19-11-12-20(26-3)18-10-7-6-9-17(18)19/h4,8,11-14,16H,5-7,9-10,15H2,1-3H3. The van der Waals surface area contributed by atoms with Crippen LogP contribution >= 0.6 is 0 Å². The molecule has 0 bridgehead atoms. The summed E-state index contributed by atoms with van der Waals surface area (Å²) >= 11 is 0. The summed E-state index contributed by atoms with van der Waals surface area (Å²) in [6.45, 7) is 4.73. The highest BCUT2D eigenvalue weighted by Crippen LogP contribution is 2.33. The number of imidazole rings is 1. The molecule has 4 heteroatoms. The molecule has 0 aliphatic heterocycles. The summed E-state index contributed by atoms with van der Waals surface area (Å²) in [7, 11) is 1.71. The zero-order valence-electron chi connectivity index (χ0n) is 16.0. The fraction of sp³-hybridized carbons (Fsp3) is 0.455. The van der Waals surface area contributed by atoms with Gasteiger partial charge in [0.05, 0.1) is 7.11 Å². The van der Waals surface area contributed by atoms with E-state index >= 15 is 0 Å². The van der Waals surface area contributed by atoms with Crippen molar-refractivity contribution in [1.29, 1.82) is 0 Å². The highest BCUT2D eigenvalue weighted by Gasteiger charge is 2.26. The Balaban J connectivity index is 1.90. The molecular formula is C22H28N2O2.